The van der Waals surface area contributed by atoms with E-state index in [9.17, 15) is 0 Å². The molecule has 28 heavy (non-hydrogen) atoms. The van der Waals surface area contributed by atoms with E-state index >= 15 is 0 Å². The quantitative estimate of drug-likeness (QED) is 0.344. The molecule has 2 N–H and O–H groups in total. The highest BCUT2D eigenvalue weighted by molar-refractivity contribution is 14.0. The minimum absolute atomic E-state index is 0. The summed E-state index contributed by atoms with van der Waals surface area (Å²) in [4.78, 5) is 17.3. The van der Waals surface area contributed by atoms with Gasteiger partial charge in [-0.25, -0.2) is 15.0 Å². The maximum atomic E-state index is 6.18. The molecule has 1 aliphatic rings. The molecule has 0 radical (unpaired) electrons. The van der Waals surface area contributed by atoms with Gasteiger partial charge in [0, 0.05) is 44.1 Å². The van der Waals surface area contributed by atoms with Crippen LogP contribution in [0.25, 0.3) is 11.3 Å². The Morgan fingerprint density at radius 2 is 1.68 bits per heavy atom. The van der Waals surface area contributed by atoms with E-state index in [1.54, 1.807) is 12.4 Å². The third kappa shape index (κ3) is 4.80. The highest BCUT2D eigenvalue weighted by atomic mass is 127. The molecule has 0 atom stereocenters. The number of anilines is 1. The molecule has 1 fully saturated rings. The van der Waals surface area contributed by atoms with E-state index in [-0.39, 0.29) is 24.0 Å². The van der Waals surface area contributed by atoms with Gasteiger partial charge >= 0.3 is 0 Å². The van der Waals surface area contributed by atoms with E-state index in [4.69, 9.17) is 10.2 Å². The van der Waals surface area contributed by atoms with Crippen LogP contribution in [0, 0.1) is 0 Å². The van der Waals surface area contributed by atoms with E-state index in [2.05, 4.69) is 24.8 Å². The van der Waals surface area contributed by atoms with Gasteiger partial charge in [-0.15, -0.1) is 24.0 Å². The second-order valence-corrected chi connectivity index (χ2v) is 6.33. The fraction of sp³-hybridized carbons (Fsp3) is 0.250. The molecule has 0 aliphatic carbocycles. The first kappa shape index (κ1) is 20.1. The number of hydrogen-bond acceptors (Lipinski definition) is 5. The summed E-state index contributed by atoms with van der Waals surface area (Å²) in [6.07, 6.45) is 3.52. The first-order valence-electron chi connectivity index (χ1n) is 9.00. The predicted octanol–water partition coefficient (Wildman–Crippen LogP) is 2.99. The summed E-state index contributed by atoms with van der Waals surface area (Å²) in [6.45, 7) is 3.65. The predicted molar refractivity (Wildman–Crippen MR) is 121 cm³/mol. The Hall–Kier alpha value is -2.62. The van der Waals surface area contributed by atoms with Gasteiger partial charge in [-0.05, 0) is 18.2 Å². The van der Waals surface area contributed by atoms with Crippen molar-refractivity contribution in [3.05, 3.63) is 66.7 Å². The van der Waals surface area contributed by atoms with Gasteiger partial charge in [0.15, 0.2) is 5.96 Å². The van der Waals surface area contributed by atoms with Crippen molar-refractivity contribution in [3.8, 4) is 11.3 Å². The second kappa shape index (κ2) is 9.54. The lowest BCUT2D eigenvalue weighted by Gasteiger charge is -2.35. The van der Waals surface area contributed by atoms with Crippen molar-refractivity contribution in [3.63, 3.8) is 0 Å². The van der Waals surface area contributed by atoms with Gasteiger partial charge in [0.25, 0.3) is 0 Å². The monoisotopic (exact) mass is 490 g/mol. The molecule has 1 aliphatic heterocycles. The van der Waals surface area contributed by atoms with Gasteiger partial charge < -0.3 is 20.0 Å². The minimum atomic E-state index is 0. The summed E-state index contributed by atoms with van der Waals surface area (Å²) in [7, 11) is 0. The zero-order valence-corrected chi connectivity index (χ0v) is 17.8. The number of halogens is 1. The summed E-state index contributed by atoms with van der Waals surface area (Å²) in [5.74, 6) is 2.95. The van der Waals surface area contributed by atoms with Crippen molar-refractivity contribution in [2.45, 2.75) is 6.54 Å². The van der Waals surface area contributed by atoms with Crippen molar-refractivity contribution in [2.24, 2.45) is 10.7 Å². The van der Waals surface area contributed by atoms with Crippen LogP contribution < -0.4 is 10.6 Å². The molecular formula is C20H23IN6O. The van der Waals surface area contributed by atoms with Crippen LogP contribution in [0.1, 0.15) is 5.76 Å². The molecule has 0 bridgehead atoms. The topological polar surface area (TPSA) is 83.8 Å². The molecular weight excluding hydrogens is 467 g/mol. The van der Waals surface area contributed by atoms with Gasteiger partial charge in [0.1, 0.15) is 18.1 Å². The second-order valence-electron chi connectivity index (χ2n) is 6.33. The van der Waals surface area contributed by atoms with E-state index in [0.717, 1.165) is 49.2 Å². The Kier molecular flexibility index (Phi) is 6.85. The smallest absolute Gasteiger partial charge is 0.225 e. The van der Waals surface area contributed by atoms with Crippen molar-refractivity contribution in [2.75, 3.05) is 31.1 Å². The van der Waals surface area contributed by atoms with Crippen molar-refractivity contribution in [1.29, 1.82) is 0 Å². The first-order chi connectivity index (χ1) is 13.3. The number of aromatic nitrogens is 2. The molecule has 4 rings (SSSR count). The molecule has 1 saturated heterocycles. The number of piperazine rings is 1. The SMILES string of the molecule is I.NC(=NCc1ccc(-c2ccccc2)o1)N1CCN(c2ncccn2)CC1. The van der Waals surface area contributed by atoms with Crippen LogP contribution in [0.2, 0.25) is 0 Å². The van der Waals surface area contributed by atoms with Crippen LogP contribution in [0.3, 0.4) is 0 Å². The molecule has 0 unspecified atom stereocenters. The van der Waals surface area contributed by atoms with E-state index < -0.39 is 0 Å². The Balaban J connectivity index is 0.00000225. The number of guanidine groups is 1. The number of furan rings is 1. The molecule has 1 aromatic carbocycles. The van der Waals surface area contributed by atoms with Crippen LogP contribution in [-0.2, 0) is 6.54 Å². The Labute approximate surface area is 181 Å². The largest absolute Gasteiger partial charge is 0.459 e. The number of nitrogens with two attached hydrogens (primary N) is 1. The first-order valence-corrected chi connectivity index (χ1v) is 9.00. The molecule has 0 amide bonds. The molecule has 8 heteroatoms. The molecule has 2 aromatic heterocycles. The normalized spacial score (nSPS) is 14.6. The number of hydrogen-bond donors (Lipinski definition) is 1. The lowest BCUT2D eigenvalue weighted by Crippen LogP contribution is -2.51. The van der Waals surface area contributed by atoms with Crippen LogP contribution in [-0.4, -0.2) is 47.0 Å². The van der Waals surface area contributed by atoms with Crippen molar-refractivity contribution in [1.82, 2.24) is 14.9 Å². The highest BCUT2D eigenvalue weighted by Crippen LogP contribution is 2.22. The molecule has 3 heterocycles. The molecule has 146 valence electrons. The third-order valence-electron chi connectivity index (χ3n) is 4.56. The average Bonchev–Trinajstić information content (AvgIpc) is 3.22. The summed E-state index contributed by atoms with van der Waals surface area (Å²) in [6, 6.07) is 15.8. The van der Waals surface area contributed by atoms with E-state index in [1.165, 1.54) is 0 Å². The van der Waals surface area contributed by atoms with Gasteiger partial charge in [-0.2, -0.15) is 0 Å². The van der Waals surface area contributed by atoms with Crippen molar-refractivity contribution >= 4 is 35.9 Å². The zero-order chi connectivity index (χ0) is 18.5. The van der Waals surface area contributed by atoms with E-state index in [0.29, 0.717) is 12.5 Å². The van der Waals surface area contributed by atoms with Gasteiger partial charge in [-0.1, -0.05) is 30.3 Å². The third-order valence-corrected chi connectivity index (χ3v) is 4.56. The van der Waals surface area contributed by atoms with Crippen LogP contribution in [0.4, 0.5) is 5.95 Å². The fourth-order valence-electron chi connectivity index (χ4n) is 3.07. The Morgan fingerprint density at radius 3 is 2.39 bits per heavy atom. The van der Waals surface area contributed by atoms with Crippen LogP contribution in [0.15, 0.2) is 70.3 Å². The molecule has 3 aromatic rings. The van der Waals surface area contributed by atoms with E-state index in [1.807, 2.05) is 48.5 Å². The Bertz CT molecular complexity index is 891. The maximum absolute atomic E-state index is 6.18. The zero-order valence-electron chi connectivity index (χ0n) is 15.4. The summed E-state index contributed by atoms with van der Waals surface area (Å²) in [5.41, 5.74) is 7.24. The lowest BCUT2D eigenvalue weighted by atomic mass is 10.2. The molecule has 0 spiro atoms. The number of benzene rings is 1. The van der Waals surface area contributed by atoms with Crippen LogP contribution in [0.5, 0.6) is 0 Å². The summed E-state index contributed by atoms with van der Waals surface area (Å²) >= 11 is 0. The van der Waals surface area contributed by atoms with Gasteiger partial charge in [-0.3, -0.25) is 0 Å². The number of nitrogens with zero attached hydrogens (tertiary/aromatic N) is 5. The summed E-state index contributed by atoms with van der Waals surface area (Å²) in [5, 5.41) is 0. The summed E-state index contributed by atoms with van der Waals surface area (Å²) < 4.78 is 5.88. The molecule has 0 saturated carbocycles. The fourth-order valence-corrected chi connectivity index (χ4v) is 3.07. The maximum Gasteiger partial charge on any atom is 0.225 e. The van der Waals surface area contributed by atoms with Gasteiger partial charge in [0.05, 0.1) is 0 Å². The lowest BCUT2D eigenvalue weighted by molar-refractivity contribution is 0.377. The minimum Gasteiger partial charge on any atom is -0.459 e. The van der Waals surface area contributed by atoms with Gasteiger partial charge in [0.2, 0.25) is 5.95 Å². The number of aliphatic imine (C=N–C) groups is 1. The Morgan fingerprint density at radius 1 is 0.964 bits per heavy atom. The van der Waals surface area contributed by atoms with Crippen LogP contribution >= 0.6 is 24.0 Å². The average molecular weight is 490 g/mol. The molecule has 7 nitrogen and oxygen atoms in total. The highest BCUT2D eigenvalue weighted by Gasteiger charge is 2.19. The number of rotatable bonds is 4. The standard InChI is InChI=1S/C20H22N6O.HI/c21-19(25-11-13-26(14-12-25)20-22-9-4-10-23-20)24-15-17-7-8-18(27-17)16-5-2-1-3-6-16;/h1-10H,11-15H2,(H2,21,24);1H. The van der Waals surface area contributed by atoms with Crippen molar-refractivity contribution < 1.29 is 4.42 Å².